The zero-order valence-electron chi connectivity index (χ0n) is 6.16. The van der Waals surface area contributed by atoms with E-state index in [1.165, 1.54) is 7.11 Å². The molecule has 11 heavy (non-hydrogen) atoms. The van der Waals surface area contributed by atoms with Gasteiger partial charge in [0.25, 0.3) is 0 Å². The summed E-state index contributed by atoms with van der Waals surface area (Å²) in [6, 6.07) is 4.97. The molecule has 1 aromatic carbocycles. The van der Waals surface area contributed by atoms with E-state index in [0.29, 0.717) is 17.1 Å². The molecule has 0 bridgehead atoms. The molecule has 1 rings (SSSR count). The molecule has 0 amide bonds. The first-order valence-corrected chi connectivity index (χ1v) is 3.09. The Morgan fingerprint density at radius 3 is 2.82 bits per heavy atom. The van der Waals surface area contributed by atoms with Crippen LogP contribution in [0.1, 0.15) is 0 Å². The first kappa shape index (κ1) is 7.42. The Labute approximate surface area is 65.2 Å². The van der Waals surface area contributed by atoms with Gasteiger partial charge < -0.3 is 10.5 Å². The largest absolute Gasteiger partial charge is 0.508 e. The van der Waals surface area contributed by atoms with Gasteiger partial charge in [0.2, 0.25) is 5.69 Å². The van der Waals surface area contributed by atoms with Crippen molar-refractivity contribution in [2.24, 2.45) is 0 Å². The molecule has 0 saturated carbocycles. The summed E-state index contributed by atoms with van der Waals surface area (Å²) in [5.41, 5.74) is 6.49. The summed E-state index contributed by atoms with van der Waals surface area (Å²) in [6.45, 7) is 6.77. The Morgan fingerprint density at radius 1 is 1.55 bits per heavy atom. The Hall–Kier alpha value is -1.69. The fourth-order valence-electron chi connectivity index (χ4n) is 0.794. The van der Waals surface area contributed by atoms with Crippen molar-refractivity contribution in [3.05, 3.63) is 29.6 Å². The van der Waals surface area contributed by atoms with Gasteiger partial charge >= 0.3 is 0 Å². The SMILES string of the molecule is [C-]#[N+]c1cc(N)ccc1OC. The molecule has 0 atom stereocenters. The Bertz CT molecular complexity index is 301. The minimum Gasteiger partial charge on any atom is -0.508 e. The van der Waals surface area contributed by atoms with Crippen LogP contribution in [-0.4, -0.2) is 7.11 Å². The van der Waals surface area contributed by atoms with Gasteiger partial charge in [0.1, 0.15) is 5.75 Å². The molecule has 0 unspecified atom stereocenters. The minimum atomic E-state index is 0.451. The summed E-state index contributed by atoms with van der Waals surface area (Å²) in [5, 5.41) is 0. The summed E-state index contributed by atoms with van der Waals surface area (Å²) < 4.78 is 4.92. The third-order valence-corrected chi connectivity index (χ3v) is 1.32. The highest BCUT2D eigenvalue weighted by molar-refractivity contribution is 5.64. The van der Waals surface area contributed by atoms with Crippen LogP contribution in [0.3, 0.4) is 0 Å². The minimum absolute atomic E-state index is 0.451. The molecule has 0 heterocycles. The summed E-state index contributed by atoms with van der Waals surface area (Å²) in [5.74, 6) is 0.564. The second kappa shape index (κ2) is 2.93. The number of rotatable bonds is 1. The van der Waals surface area contributed by atoms with E-state index in [9.17, 15) is 0 Å². The maximum atomic E-state index is 6.77. The molecule has 0 aliphatic rings. The van der Waals surface area contributed by atoms with Crippen LogP contribution in [0, 0.1) is 6.57 Å². The number of hydrogen-bond donors (Lipinski definition) is 1. The zero-order chi connectivity index (χ0) is 8.27. The summed E-state index contributed by atoms with van der Waals surface area (Å²) >= 11 is 0. The fourth-order valence-corrected chi connectivity index (χ4v) is 0.794. The van der Waals surface area contributed by atoms with E-state index in [1.54, 1.807) is 18.2 Å². The number of ether oxygens (including phenoxy) is 1. The number of nitrogens with two attached hydrogens (primary N) is 1. The first-order chi connectivity index (χ1) is 5.27. The number of hydrogen-bond acceptors (Lipinski definition) is 2. The van der Waals surface area contributed by atoms with E-state index in [2.05, 4.69) is 4.85 Å². The average Bonchev–Trinajstić information content (AvgIpc) is 2.04. The zero-order valence-corrected chi connectivity index (χ0v) is 6.16. The van der Waals surface area contributed by atoms with Gasteiger partial charge in [-0.3, -0.25) is 0 Å². The Kier molecular flexibility index (Phi) is 1.98. The van der Waals surface area contributed by atoms with Crippen molar-refractivity contribution in [3.63, 3.8) is 0 Å². The standard InChI is InChI=1S/C8H8N2O/c1-10-7-5-6(9)3-4-8(7)11-2/h3-5H,9H2,2H3. The van der Waals surface area contributed by atoms with Crippen molar-refractivity contribution in [2.75, 3.05) is 12.8 Å². The van der Waals surface area contributed by atoms with Crippen LogP contribution in [0.5, 0.6) is 5.75 Å². The maximum Gasteiger partial charge on any atom is 0.230 e. The van der Waals surface area contributed by atoms with Gasteiger partial charge in [-0.2, -0.15) is 0 Å². The number of nitrogens with zero attached hydrogens (tertiary/aromatic N) is 1. The first-order valence-electron chi connectivity index (χ1n) is 3.09. The maximum absolute atomic E-state index is 6.77. The van der Waals surface area contributed by atoms with Crippen molar-refractivity contribution < 1.29 is 4.74 Å². The quantitative estimate of drug-likeness (QED) is 0.487. The van der Waals surface area contributed by atoms with Crippen LogP contribution in [0.15, 0.2) is 18.2 Å². The number of anilines is 1. The third kappa shape index (κ3) is 1.41. The molecule has 0 fully saturated rings. The van der Waals surface area contributed by atoms with Gasteiger partial charge in [0, 0.05) is 5.69 Å². The van der Waals surface area contributed by atoms with Crippen molar-refractivity contribution in [3.8, 4) is 5.75 Å². The summed E-state index contributed by atoms with van der Waals surface area (Å²) in [6.07, 6.45) is 0. The molecule has 0 aliphatic heterocycles. The molecule has 2 N–H and O–H groups in total. The summed E-state index contributed by atoms with van der Waals surface area (Å²) in [7, 11) is 1.53. The summed E-state index contributed by atoms with van der Waals surface area (Å²) in [4.78, 5) is 3.25. The monoisotopic (exact) mass is 148 g/mol. The van der Waals surface area contributed by atoms with E-state index in [0.717, 1.165) is 0 Å². The number of nitrogen functional groups attached to an aromatic ring is 1. The molecule has 0 radical (unpaired) electrons. The highest BCUT2D eigenvalue weighted by Gasteiger charge is 2.00. The van der Waals surface area contributed by atoms with Crippen LogP contribution < -0.4 is 10.5 Å². The molecule has 3 nitrogen and oxygen atoms in total. The van der Waals surface area contributed by atoms with Gasteiger partial charge in [-0.15, -0.1) is 0 Å². The molecule has 1 aromatic rings. The lowest BCUT2D eigenvalue weighted by Crippen LogP contribution is -1.86. The molecule has 3 heteroatoms. The van der Waals surface area contributed by atoms with E-state index in [4.69, 9.17) is 17.0 Å². The average molecular weight is 148 g/mol. The van der Waals surface area contributed by atoms with Crippen molar-refractivity contribution in [1.82, 2.24) is 0 Å². The van der Waals surface area contributed by atoms with Gasteiger partial charge in [0.15, 0.2) is 0 Å². The highest BCUT2D eigenvalue weighted by Crippen LogP contribution is 2.28. The Balaban J connectivity index is 3.19. The van der Waals surface area contributed by atoms with Crippen molar-refractivity contribution in [2.45, 2.75) is 0 Å². The van der Waals surface area contributed by atoms with Gasteiger partial charge in [-0.1, -0.05) is 0 Å². The third-order valence-electron chi connectivity index (χ3n) is 1.32. The van der Waals surface area contributed by atoms with Crippen molar-refractivity contribution in [1.29, 1.82) is 0 Å². The van der Waals surface area contributed by atoms with Crippen LogP contribution in [0.25, 0.3) is 4.85 Å². The van der Waals surface area contributed by atoms with E-state index < -0.39 is 0 Å². The molecule has 0 aromatic heterocycles. The molecule has 0 aliphatic carbocycles. The van der Waals surface area contributed by atoms with E-state index >= 15 is 0 Å². The smallest absolute Gasteiger partial charge is 0.230 e. The lowest BCUT2D eigenvalue weighted by molar-refractivity contribution is 0.417. The lowest BCUT2D eigenvalue weighted by Gasteiger charge is -2.01. The molecular formula is C8H8N2O. The predicted molar refractivity (Wildman–Crippen MR) is 43.7 cm³/mol. The normalized spacial score (nSPS) is 8.73. The van der Waals surface area contributed by atoms with Gasteiger partial charge in [-0.25, -0.2) is 4.85 Å². The van der Waals surface area contributed by atoms with E-state index in [-0.39, 0.29) is 0 Å². The molecule has 56 valence electrons. The predicted octanol–water partition coefficient (Wildman–Crippen LogP) is 1.83. The van der Waals surface area contributed by atoms with Crippen LogP contribution >= 0.6 is 0 Å². The van der Waals surface area contributed by atoms with Crippen LogP contribution in [0.2, 0.25) is 0 Å². The Morgan fingerprint density at radius 2 is 2.27 bits per heavy atom. The lowest BCUT2D eigenvalue weighted by atomic mass is 10.2. The number of benzene rings is 1. The molecule has 0 spiro atoms. The van der Waals surface area contributed by atoms with Gasteiger partial charge in [-0.05, 0) is 18.2 Å². The van der Waals surface area contributed by atoms with Crippen LogP contribution in [0.4, 0.5) is 11.4 Å². The highest BCUT2D eigenvalue weighted by atomic mass is 16.5. The number of methoxy groups -OCH3 is 1. The molecular weight excluding hydrogens is 140 g/mol. The van der Waals surface area contributed by atoms with Crippen molar-refractivity contribution >= 4 is 11.4 Å². The topological polar surface area (TPSA) is 39.6 Å². The van der Waals surface area contributed by atoms with Crippen LogP contribution in [-0.2, 0) is 0 Å². The second-order valence-corrected chi connectivity index (χ2v) is 2.04. The molecule has 0 saturated heterocycles. The van der Waals surface area contributed by atoms with E-state index in [1.807, 2.05) is 0 Å². The van der Waals surface area contributed by atoms with Gasteiger partial charge in [0.05, 0.1) is 13.7 Å². The second-order valence-electron chi connectivity index (χ2n) is 2.04. The fraction of sp³-hybridized carbons (Fsp3) is 0.125.